The van der Waals surface area contributed by atoms with Gasteiger partial charge >= 0.3 is 0 Å². The molecule has 1 fully saturated rings. The van der Waals surface area contributed by atoms with Crippen LogP contribution in [0, 0.1) is 24.7 Å². The maximum atomic E-state index is 11.4. The average Bonchev–Trinajstić information content (AvgIpc) is 2.87. The molecule has 8 atom stereocenters. The van der Waals surface area contributed by atoms with Crippen molar-refractivity contribution in [2.75, 3.05) is 19.8 Å². The minimum atomic E-state index is -1.48. The number of rotatable bonds is 15. The lowest BCUT2D eigenvalue weighted by atomic mass is 9.77. The first kappa shape index (κ1) is 33.4. The zero-order chi connectivity index (χ0) is 29.5. The molecule has 1 aliphatic heterocycles. The third kappa shape index (κ3) is 9.11. The van der Waals surface area contributed by atoms with Crippen molar-refractivity contribution in [2.24, 2.45) is 23.5 Å². The van der Waals surface area contributed by atoms with Crippen molar-refractivity contribution in [3.05, 3.63) is 29.3 Å². The highest BCUT2D eigenvalue weighted by molar-refractivity contribution is 5.83. The summed E-state index contributed by atoms with van der Waals surface area (Å²) in [6, 6.07) is 6.01. The quantitative estimate of drug-likeness (QED) is 0.175. The third-order valence-electron chi connectivity index (χ3n) is 8.07. The van der Waals surface area contributed by atoms with Crippen LogP contribution in [0.5, 0.6) is 5.75 Å². The van der Waals surface area contributed by atoms with Crippen LogP contribution in [0.4, 0.5) is 0 Å². The normalized spacial score (nSPS) is 26.3. The number of aryl methyl sites for hydroxylation is 1. The number of hydrogen-bond acceptors (Lipinski definition) is 9. The SMILES string of the molecule is Cc1cc(OCCCNC(C)(C)C(N)=O)ccc1CC(C(C)OC1OC(CO)C(O)C(O)[C@H]1O)C(C)C(C)C. The predicted octanol–water partition coefficient (Wildman–Crippen LogP) is 1.27. The van der Waals surface area contributed by atoms with E-state index < -0.39 is 48.8 Å². The molecule has 0 spiro atoms. The van der Waals surface area contributed by atoms with E-state index in [9.17, 15) is 25.2 Å². The van der Waals surface area contributed by atoms with E-state index in [0.717, 1.165) is 29.7 Å². The lowest BCUT2D eigenvalue weighted by molar-refractivity contribution is -0.314. The molecule has 0 radical (unpaired) electrons. The van der Waals surface area contributed by atoms with Crippen LogP contribution in [0.15, 0.2) is 18.2 Å². The van der Waals surface area contributed by atoms with Crippen molar-refractivity contribution in [1.29, 1.82) is 0 Å². The molecule has 1 aromatic rings. The first-order valence-electron chi connectivity index (χ1n) is 13.9. The molecule has 7 unspecified atom stereocenters. The molecule has 1 saturated heterocycles. The Kier molecular flexibility index (Phi) is 12.6. The number of aliphatic hydroxyl groups is 4. The summed E-state index contributed by atoms with van der Waals surface area (Å²) in [5.41, 5.74) is 6.86. The van der Waals surface area contributed by atoms with Crippen LogP contribution in [0.1, 0.15) is 59.1 Å². The summed E-state index contributed by atoms with van der Waals surface area (Å²) in [5.74, 6) is 1.06. The van der Waals surface area contributed by atoms with Gasteiger partial charge in [-0.25, -0.2) is 0 Å². The van der Waals surface area contributed by atoms with Gasteiger partial charge in [-0.2, -0.15) is 0 Å². The molecule has 39 heavy (non-hydrogen) atoms. The maximum Gasteiger partial charge on any atom is 0.237 e. The van der Waals surface area contributed by atoms with E-state index in [4.69, 9.17) is 19.9 Å². The maximum absolute atomic E-state index is 11.4. The number of primary amides is 1. The summed E-state index contributed by atoms with van der Waals surface area (Å²) >= 11 is 0. The zero-order valence-corrected chi connectivity index (χ0v) is 24.5. The summed E-state index contributed by atoms with van der Waals surface area (Å²) in [4.78, 5) is 11.4. The second kappa shape index (κ2) is 14.7. The van der Waals surface area contributed by atoms with Gasteiger partial charge in [0, 0.05) is 0 Å². The summed E-state index contributed by atoms with van der Waals surface area (Å²) < 4.78 is 17.6. The van der Waals surface area contributed by atoms with E-state index in [1.165, 1.54) is 0 Å². The van der Waals surface area contributed by atoms with Crippen molar-refractivity contribution < 1.29 is 39.4 Å². The van der Waals surface area contributed by atoms with Gasteiger partial charge in [-0.15, -0.1) is 0 Å². The first-order valence-corrected chi connectivity index (χ1v) is 13.9. The standard InChI is InChI=1S/C29H50N2O8/c1-16(2)18(4)22(19(5)38-27-26(35)25(34)24(33)23(15-32)39-27)14-20-9-10-21(13-17(20)3)37-12-8-11-31-29(6,7)28(30)36/h9-10,13,16,18-19,22-27,31-35H,8,11-12,14-15H2,1-7H3,(H2,30,36)/t18?,19?,22?,23?,24?,25?,26-,27?/m1/s1. The third-order valence-corrected chi connectivity index (χ3v) is 8.07. The van der Waals surface area contributed by atoms with Crippen LogP contribution in [0.25, 0.3) is 0 Å². The Balaban J connectivity index is 2.04. The minimum Gasteiger partial charge on any atom is -0.494 e. The number of aliphatic hydroxyl groups excluding tert-OH is 4. The number of hydrogen-bond donors (Lipinski definition) is 6. The molecule has 1 aromatic carbocycles. The van der Waals surface area contributed by atoms with Gasteiger partial charge in [-0.1, -0.05) is 26.8 Å². The molecular weight excluding hydrogens is 504 g/mol. The summed E-state index contributed by atoms with van der Waals surface area (Å²) in [7, 11) is 0. The fraction of sp³-hybridized carbons (Fsp3) is 0.759. The van der Waals surface area contributed by atoms with Crippen molar-refractivity contribution in [3.8, 4) is 5.75 Å². The number of carbonyl (C=O) groups is 1. The van der Waals surface area contributed by atoms with Gasteiger partial charge in [-0.3, -0.25) is 4.79 Å². The van der Waals surface area contributed by atoms with Crippen LogP contribution in [-0.2, 0) is 20.7 Å². The molecule has 1 amide bonds. The fourth-order valence-corrected chi connectivity index (χ4v) is 4.76. The highest BCUT2D eigenvalue weighted by atomic mass is 16.7. The molecule has 0 bridgehead atoms. The lowest BCUT2D eigenvalue weighted by Gasteiger charge is -2.42. The predicted molar refractivity (Wildman–Crippen MR) is 148 cm³/mol. The number of nitrogens with two attached hydrogens (primary N) is 1. The van der Waals surface area contributed by atoms with Crippen molar-refractivity contribution in [3.63, 3.8) is 0 Å². The van der Waals surface area contributed by atoms with Crippen LogP contribution in [-0.4, -0.2) is 88.4 Å². The Morgan fingerprint density at radius 1 is 1.13 bits per heavy atom. The number of carbonyl (C=O) groups excluding carboxylic acids is 1. The van der Waals surface area contributed by atoms with Gasteiger partial charge in [0.05, 0.1) is 24.9 Å². The van der Waals surface area contributed by atoms with Gasteiger partial charge in [0.25, 0.3) is 0 Å². The second-order valence-corrected chi connectivity index (χ2v) is 11.7. The van der Waals surface area contributed by atoms with Gasteiger partial charge < -0.3 is 45.7 Å². The summed E-state index contributed by atoms with van der Waals surface area (Å²) in [6.07, 6.45) is -5.43. The molecule has 10 nitrogen and oxygen atoms in total. The Bertz CT molecular complexity index is 909. The van der Waals surface area contributed by atoms with E-state index in [-0.39, 0.29) is 17.9 Å². The van der Waals surface area contributed by atoms with Crippen LogP contribution in [0.3, 0.4) is 0 Å². The molecule has 0 saturated carbocycles. The fourth-order valence-electron chi connectivity index (χ4n) is 4.76. The van der Waals surface area contributed by atoms with Gasteiger partial charge in [0.2, 0.25) is 5.91 Å². The monoisotopic (exact) mass is 554 g/mol. The van der Waals surface area contributed by atoms with Gasteiger partial charge in [0.15, 0.2) is 6.29 Å². The first-order chi connectivity index (χ1) is 18.2. The molecular formula is C29H50N2O8. The van der Waals surface area contributed by atoms with Crippen molar-refractivity contribution in [2.45, 2.75) is 104 Å². The number of amides is 1. The van der Waals surface area contributed by atoms with Crippen LogP contribution >= 0.6 is 0 Å². The summed E-state index contributed by atoms with van der Waals surface area (Å²) in [5, 5.41) is 43.3. The smallest absolute Gasteiger partial charge is 0.237 e. The van der Waals surface area contributed by atoms with E-state index in [1.807, 2.05) is 26.0 Å². The van der Waals surface area contributed by atoms with Crippen LogP contribution < -0.4 is 15.8 Å². The lowest BCUT2D eigenvalue weighted by Crippen LogP contribution is -2.60. The average molecular weight is 555 g/mol. The highest BCUT2D eigenvalue weighted by Gasteiger charge is 2.45. The Morgan fingerprint density at radius 2 is 1.79 bits per heavy atom. The topological polar surface area (TPSA) is 164 Å². The van der Waals surface area contributed by atoms with Crippen molar-refractivity contribution in [1.82, 2.24) is 5.32 Å². The van der Waals surface area contributed by atoms with E-state index in [1.54, 1.807) is 13.8 Å². The van der Waals surface area contributed by atoms with Crippen LogP contribution in [0.2, 0.25) is 0 Å². The van der Waals surface area contributed by atoms with E-state index in [0.29, 0.717) is 19.1 Å². The number of ether oxygens (including phenoxy) is 3. The minimum absolute atomic E-state index is 0.0579. The van der Waals surface area contributed by atoms with Gasteiger partial charge in [-0.05, 0) is 88.1 Å². The zero-order valence-electron chi connectivity index (χ0n) is 24.5. The number of benzene rings is 1. The van der Waals surface area contributed by atoms with Crippen molar-refractivity contribution >= 4 is 5.91 Å². The molecule has 1 aliphatic rings. The molecule has 2 rings (SSSR count). The van der Waals surface area contributed by atoms with E-state index in [2.05, 4.69) is 32.2 Å². The second-order valence-electron chi connectivity index (χ2n) is 11.7. The Morgan fingerprint density at radius 3 is 2.36 bits per heavy atom. The molecule has 1 heterocycles. The highest BCUT2D eigenvalue weighted by Crippen LogP contribution is 2.33. The molecule has 0 aliphatic carbocycles. The summed E-state index contributed by atoms with van der Waals surface area (Å²) in [6.45, 7) is 14.5. The number of nitrogens with one attached hydrogen (secondary N) is 1. The molecule has 10 heteroatoms. The largest absolute Gasteiger partial charge is 0.494 e. The Hall–Kier alpha value is -1.79. The van der Waals surface area contributed by atoms with E-state index >= 15 is 0 Å². The molecule has 0 aromatic heterocycles. The molecule has 7 N–H and O–H groups in total. The Labute approximate surface area is 232 Å². The molecule has 224 valence electrons. The van der Waals surface area contributed by atoms with Gasteiger partial charge in [0.1, 0.15) is 30.2 Å².